The van der Waals surface area contributed by atoms with Crippen LogP contribution in [0.2, 0.25) is 0 Å². The second kappa shape index (κ2) is 8.69. The lowest BCUT2D eigenvalue weighted by atomic mass is 9.84. The number of hydrogen-bond acceptors (Lipinski definition) is 5. The number of carbonyl (C=O) groups excluding carboxylic acids is 1. The van der Waals surface area contributed by atoms with Crippen LogP contribution < -0.4 is 9.47 Å². The van der Waals surface area contributed by atoms with Crippen molar-refractivity contribution in [3.8, 4) is 11.5 Å². The molecule has 6 nitrogen and oxygen atoms in total. The van der Waals surface area contributed by atoms with Gasteiger partial charge in [0.25, 0.3) is 5.69 Å². The number of allylic oxidation sites excluding steroid dienone is 1. The van der Waals surface area contributed by atoms with Crippen molar-refractivity contribution in [2.24, 2.45) is 5.92 Å². The number of carbonyl (C=O) groups is 1. The van der Waals surface area contributed by atoms with E-state index in [1.165, 1.54) is 12.1 Å². The third-order valence-corrected chi connectivity index (χ3v) is 4.92. The fraction of sp³-hybridized carbons (Fsp3) is 0.318. The van der Waals surface area contributed by atoms with Gasteiger partial charge in [0.1, 0.15) is 6.61 Å². The zero-order valence-corrected chi connectivity index (χ0v) is 16.0. The summed E-state index contributed by atoms with van der Waals surface area (Å²) in [6.07, 6.45) is 4.70. The average Bonchev–Trinajstić information content (AvgIpc) is 2.70. The van der Waals surface area contributed by atoms with E-state index in [-0.39, 0.29) is 24.0 Å². The molecule has 0 N–H and O–H groups in total. The maximum absolute atomic E-state index is 12.4. The first-order valence-corrected chi connectivity index (χ1v) is 9.27. The lowest BCUT2D eigenvalue weighted by Gasteiger charge is -2.19. The maximum atomic E-state index is 12.4. The largest absolute Gasteiger partial charge is 0.493 e. The lowest BCUT2D eigenvalue weighted by molar-refractivity contribution is -0.384. The van der Waals surface area contributed by atoms with Crippen LogP contribution in [-0.2, 0) is 11.4 Å². The summed E-state index contributed by atoms with van der Waals surface area (Å²) >= 11 is 0. The molecule has 2 aromatic carbocycles. The van der Waals surface area contributed by atoms with Crippen molar-refractivity contribution in [3.63, 3.8) is 0 Å². The molecule has 146 valence electrons. The Morgan fingerprint density at radius 1 is 1.18 bits per heavy atom. The van der Waals surface area contributed by atoms with Gasteiger partial charge in [-0.15, -0.1) is 0 Å². The number of non-ortho nitro benzene ring substituents is 1. The number of benzene rings is 2. The van der Waals surface area contributed by atoms with Gasteiger partial charge in [-0.1, -0.05) is 13.0 Å². The van der Waals surface area contributed by atoms with E-state index in [1.54, 1.807) is 19.2 Å². The second-order valence-electron chi connectivity index (χ2n) is 6.95. The molecule has 0 aliphatic heterocycles. The SMILES string of the molecule is COc1ccc(/C=C2\CCC[C@@H](C)C2=O)cc1OCc1ccc([N+](=O)[O-])cc1. The molecule has 1 atom stereocenters. The van der Waals surface area contributed by atoms with Crippen LogP contribution in [-0.4, -0.2) is 17.8 Å². The Labute approximate surface area is 163 Å². The van der Waals surface area contributed by atoms with Crippen LogP contribution in [0.5, 0.6) is 11.5 Å². The molecule has 0 aromatic heterocycles. The molecule has 28 heavy (non-hydrogen) atoms. The first kappa shape index (κ1) is 19.6. The summed E-state index contributed by atoms with van der Waals surface area (Å²) < 4.78 is 11.2. The molecule has 3 rings (SSSR count). The smallest absolute Gasteiger partial charge is 0.269 e. The summed E-state index contributed by atoms with van der Waals surface area (Å²) in [5, 5.41) is 10.7. The Hall–Kier alpha value is -3.15. The summed E-state index contributed by atoms with van der Waals surface area (Å²) in [7, 11) is 1.57. The Morgan fingerprint density at radius 2 is 1.93 bits per heavy atom. The number of methoxy groups -OCH3 is 1. The maximum Gasteiger partial charge on any atom is 0.269 e. The number of Topliss-reactive ketones (excluding diaryl/α,β-unsaturated/α-hetero) is 1. The molecule has 0 saturated heterocycles. The molecule has 1 fully saturated rings. The molecule has 0 heterocycles. The Kier molecular flexibility index (Phi) is 6.09. The second-order valence-corrected chi connectivity index (χ2v) is 6.95. The van der Waals surface area contributed by atoms with Crippen LogP contribution in [0.4, 0.5) is 5.69 Å². The van der Waals surface area contributed by atoms with Crippen molar-refractivity contribution < 1.29 is 19.2 Å². The molecule has 0 bridgehead atoms. The standard InChI is InChI=1S/C22H23NO5/c1-15-4-3-5-18(22(15)24)12-17-8-11-20(27-2)21(13-17)28-14-16-6-9-19(10-7-16)23(25)26/h6-13,15H,3-5,14H2,1-2H3/b18-12+/t15-/m1/s1. The zero-order chi connectivity index (χ0) is 20.1. The molecule has 0 radical (unpaired) electrons. The Balaban J connectivity index is 1.77. The number of nitrogens with zero attached hydrogens (tertiary/aromatic N) is 1. The van der Waals surface area contributed by atoms with Crippen LogP contribution in [0, 0.1) is 16.0 Å². The molecular weight excluding hydrogens is 358 g/mol. The predicted molar refractivity (Wildman–Crippen MR) is 106 cm³/mol. The number of ether oxygens (including phenoxy) is 2. The highest BCUT2D eigenvalue weighted by atomic mass is 16.6. The van der Waals surface area contributed by atoms with Gasteiger partial charge in [-0.05, 0) is 66.3 Å². The summed E-state index contributed by atoms with van der Waals surface area (Å²) in [5.41, 5.74) is 2.59. The number of ketones is 1. The van der Waals surface area contributed by atoms with Crippen LogP contribution in [0.3, 0.4) is 0 Å². The predicted octanol–water partition coefficient (Wildman–Crippen LogP) is 4.95. The molecule has 0 amide bonds. The first-order valence-electron chi connectivity index (χ1n) is 9.27. The number of nitro benzene ring substituents is 1. The van der Waals surface area contributed by atoms with Gasteiger partial charge in [-0.25, -0.2) is 0 Å². The van der Waals surface area contributed by atoms with Crippen LogP contribution in [0.25, 0.3) is 6.08 Å². The van der Waals surface area contributed by atoms with Crippen LogP contribution >= 0.6 is 0 Å². The van der Waals surface area contributed by atoms with Gasteiger partial charge in [-0.3, -0.25) is 14.9 Å². The highest BCUT2D eigenvalue weighted by Crippen LogP contribution is 2.32. The minimum absolute atomic E-state index is 0.0429. The summed E-state index contributed by atoms with van der Waals surface area (Å²) in [6, 6.07) is 11.8. The van der Waals surface area contributed by atoms with E-state index in [0.717, 1.165) is 36.0 Å². The van der Waals surface area contributed by atoms with Crippen molar-refractivity contribution in [1.29, 1.82) is 0 Å². The normalized spacial score (nSPS) is 18.1. The molecule has 1 aliphatic carbocycles. The van der Waals surface area contributed by atoms with Crippen LogP contribution in [0.15, 0.2) is 48.0 Å². The topological polar surface area (TPSA) is 78.7 Å². The summed E-state index contributed by atoms with van der Waals surface area (Å²) in [5.74, 6) is 1.45. The minimum Gasteiger partial charge on any atom is -0.493 e. The van der Waals surface area contributed by atoms with E-state index < -0.39 is 4.92 Å². The average molecular weight is 381 g/mol. The third kappa shape index (κ3) is 4.57. The fourth-order valence-electron chi connectivity index (χ4n) is 3.28. The van der Waals surface area contributed by atoms with Gasteiger partial charge in [0.2, 0.25) is 0 Å². The van der Waals surface area contributed by atoms with Gasteiger partial charge in [-0.2, -0.15) is 0 Å². The Bertz CT molecular complexity index is 902. The van der Waals surface area contributed by atoms with Crippen molar-refractivity contribution in [1.82, 2.24) is 0 Å². The monoisotopic (exact) mass is 381 g/mol. The third-order valence-electron chi connectivity index (χ3n) is 4.92. The zero-order valence-electron chi connectivity index (χ0n) is 16.0. The van der Waals surface area contributed by atoms with E-state index in [0.29, 0.717) is 11.5 Å². The van der Waals surface area contributed by atoms with E-state index in [2.05, 4.69) is 0 Å². The van der Waals surface area contributed by atoms with Gasteiger partial charge < -0.3 is 9.47 Å². The van der Waals surface area contributed by atoms with E-state index >= 15 is 0 Å². The fourth-order valence-corrected chi connectivity index (χ4v) is 3.28. The number of hydrogen-bond donors (Lipinski definition) is 0. The molecule has 0 unspecified atom stereocenters. The molecule has 1 saturated carbocycles. The summed E-state index contributed by atoms with van der Waals surface area (Å²) in [6.45, 7) is 2.23. The summed E-state index contributed by atoms with van der Waals surface area (Å²) in [4.78, 5) is 22.7. The van der Waals surface area contributed by atoms with Gasteiger partial charge in [0, 0.05) is 18.1 Å². The van der Waals surface area contributed by atoms with Gasteiger partial charge in [0.05, 0.1) is 12.0 Å². The molecule has 6 heteroatoms. The number of nitro groups is 1. The van der Waals surface area contributed by atoms with Crippen molar-refractivity contribution in [2.45, 2.75) is 32.8 Å². The van der Waals surface area contributed by atoms with Crippen molar-refractivity contribution in [3.05, 3.63) is 69.3 Å². The highest BCUT2D eigenvalue weighted by molar-refractivity contribution is 6.01. The van der Waals surface area contributed by atoms with Gasteiger partial charge in [0.15, 0.2) is 17.3 Å². The molecule has 1 aliphatic rings. The molecule has 2 aromatic rings. The highest BCUT2D eigenvalue weighted by Gasteiger charge is 2.22. The van der Waals surface area contributed by atoms with E-state index in [9.17, 15) is 14.9 Å². The molecule has 0 spiro atoms. The van der Waals surface area contributed by atoms with E-state index in [4.69, 9.17) is 9.47 Å². The van der Waals surface area contributed by atoms with Gasteiger partial charge >= 0.3 is 0 Å². The Morgan fingerprint density at radius 3 is 2.61 bits per heavy atom. The minimum atomic E-state index is -0.432. The number of rotatable bonds is 6. The quantitative estimate of drug-likeness (QED) is 0.402. The lowest BCUT2D eigenvalue weighted by Crippen LogP contribution is -2.18. The van der Waals surface area contributed by atoms with Crippen molar-refractivity contribution in [2.75, 3.05) is 7.11 Å². The molecular formula is C22H23NO5. The first-order chi connectivity index (χ1) is 13.5. The van der Waals surface area contributed by atoms with Crippen molar-refractivity contribution >= 4 is 17.5 Å². The van der Waals surface area contributed by atoms with Crippen LogP contribution in [0.1, 0.15) is 37.3 Å². The van der Waals surface area contributed by atoms with E-state index in [1.807, 2.05) is 31.2 Å².